The first kappa shape index (κ1) is 12.0. The van der Waals surface area contributed by atoms with Gasteiger partial charge in [0.05, 0.1) is 6.61 Å². The molecule has 0 fully saturated rings. The first-order valence-electron chi connectivity index (χ1n) is 5.32. The van der Waals surface area contributed by atoms with E-state index in [4.69, 9.17) is 9.47 Å². The maximum atomic E-state index is 11.1. The molecule has 1 heterocycles. The van der Waals surface area contributed by atoms with Crippen LogP contribution in [0.4, 0.5) is 0 Å². The minimum Gasteiger partial charge on any atom is -0.456 e. The van der Waals surface area contributed by atoms with Crippen molar-refractivity contribution in [1.82, 2.24) is 0 Å². The summed E-state index contributed by atoms with van der Waals surface area (Å²) in [6.45, 7) is 2.06. The van der Waals surface area contributed by atoms with E-state index in [-0.39, 0.29) is 13.4 Å². The molecule has 0 bridgehead atoms. The van der Waals surface area contributed by atoms with Crippen molar-refractivity contribution in [2.75, 3.05) is 13.4 Å². The highest BCUT2D eigenvalue weighted by Gasteiger charge is 2.16. The van der Waals surface area contributed by atoms with E-state index in [0.29, 0.717) is 28.9 Å². The molecular weight excluding hydrogens is 236 g/mol. The summed E-state index contributed by atoms with van der Waals surface area (Å²) < 4.78 is 15.0. The Kier molecular flexibility index (Phi) is 3.49. The molecule has 0 aromatic heterocycles. The van der Waals surface area contributed by atoms with Crippen molar-refractivity contribution < 1.29 is 23.8 Å². The van der Waals surface area contributed by atoms with Gasteiger partial charge in [0.15, 0.2) is 17.8 Å². The third-order valence-electron chi connectivity index (χ3n) is 2.25. The highest BCUT2D eigenvalue weighted by molar-refractivity contribution is 5.90. The summed E-state index contributed by atoms with van der Waals surface area (Å²) in [6, 6.07) is 3.10. The van der Waals surface area contributed by atoms with Crippen molar-refractivity contribution in [2.24, 2.45) is 0 Å². The van der Waals surface area contributed by atoms with Crippen LogP contribution in [0.1, 0.15) is 22.8 Å². The molecule has 0 atom stereocenters. The fourth-order valence-corrected chi connectivity index (χ4v) is 1.45. The highest BCUT2D eigenvalue weighted by Crippen LogP contribution is 2.34. The van der Waals surface area contributed by atoms with Crippen LogP contribution in [0.25, 0.3) is 0 Å². The number of rotatable bonds is 2. The van der Waals surface area contributed by atoms with Gasteiger partial charge in [0, 0.05) is 23.1 Å². The number of fused-ring (bicyclic) bond motifs is 1. The second-order valence-electron chi connectivity index (χ2n) is 3.38. The fraction of sp³-hybridized carbons (Fsp3) is 0.231. The lowest BCUT2D eigenvalue weighted by Gasteiger charge is -2.00. The summed E-state index contributed by atoms with van der Waals surface area (Å²) in [6.07, 6.45) is 0.650. The van der Waals surface area contributed by atoms with E-state index in [1.807, 2.05) is 0 Å². The molecule has 0 aliphatic carbocycles. The van der Waals surface area contributed by atoms with E-state index in [9.17, 15) is 9.59 Å². The van der Waals surface area contributed by atoms with E-state index >= 15 is 0 Å². The lowest BCUT2D eigenvalue weighted by Crippen LogP contribution is -2.00. The Hall–Kier alpha value is -2.48. The molecule has 5 heteroatoms. The number of carbonyl (C=O) groups is 2. The van der Waals surface area contributed by atoms with E-state index in [1.54, 1.807) is 13.0 Å². The standard InChI is InChI=1S/C13H10O5/c1-2-16-13(15)4-3-9-5-11-12(18-8-17-11)6-10(9)7-14/h5-7H,2,8H2,1H3. The topological polar surface area (TPSA) is 61.8 Å². The number of hydrogen-bond acceptors (Lipinski definition) is 5. The van der Waals surface area contributed by atoms with E-state index in [2.05, 4.69) is 16.6 Å². The Morgan fingerprint density at radius 2 is 2.17 bits per heavy atom. The molecule has 0 saturated heterocycles. The Morgan fingerprint density at radius 3 is 2.83 bits per heavy atom. The van der Waals surface area contributed by atoms with Gasteiger partial charge in [0.2, 0.25) is 6.79 Å². The van der Waals surface area contributed by atoms with Gasteiger partial charge in [-0.2, -0.15) is 0 Å². The molecular formula is C13H10O5. The number of benzene rings is 1. The van der Waals surface area contributed by atoms with Crippen LogP contribution in [0.3, 0.4) is 0 Å². The van der Waals surface area contributed by atoms with Gasteiger partial charge in [-0.3, -0.25) is 4.79 Å². The zero-order chi connectivity index (χ0) is 13.0. The van der Waals surface area contributed by atoms with Crippen molar-refractivity contribution in [1.29, 1.82) is 0 Å². The Labute approximate surface area is 104 Å². The lowest BCUT2D eigenvalue weighted by atomic mass is 10.1. The van der Waals surface area contributed by atoms with Crippen LogP contribution in [-0.2, 0) is 9.53 Å². The Balaban J connectivity index is 2.32. The van der Waals surface area contributed by atoms with E-state index in [0.717, 1.165) is 0 Å². The molecule has 0 saturated carbocycles. The quantitative estimate of drug-likeness (QED) is 0.445. The Bertz CT molecular complexity index is 550. The minimum atomic E-state index is -0.632. The lowest BCUT2D eigenvalue weighted by molar-refractivity contribution is -0.136. The SMILES string of the molecule is CCOC(=O)C#Cc1cc2c(cc1C=O)OCO2. The summed E-state index contributed by atoms with van der Waals surface area (Å²) in [5.74, 6) is 5.26. The molecule has 1 aliphatic heterocycles. The maximum Gasteiger partial charge on any atom is 0.384 e. The van der Waals surface area contributed by atoms with Crippen molar-refractivity contribution in [3.8, 4) is 23.3 Å². The molecule has 5 nitrogen and oxygen atoms in total. The maximum absolute atomic E-state index is 11.1. The van der Waals surface area contributed by atoms with Gasteiger partial charge in [0.1, 0.15) is 0 Å². The van der Waals surface area contributed by atoms with Crippen LogP contribution in [0.2, 0.25) is 0 Å². The van der Waals surface area contributed by atoms with Gasteiger partial charge in [-0.25, -0.2) is 4.79 Å². The molecule has 18 heavy (non-hydrogen) atoms. The van der Waals surface area contributed by atoms with E-state index < -0.39 is 5.97 Å². The van der Waals surface area contributed by atoms with Gasteiger partial charge in [-0.1, -0.05) is 5.92 Å². The fourth-order valence-electron chi connectivity index (χ4n) is 1.45. The molecule has 1 aromatic rings. The molecule has 92 valence electrons. The molecule has 2 rings (SSSR count). The second-order valence-corrected chi connectivity index (χ2v) is 3.38. The van der Waals surface area contributed by atoms with Gasteiger partial charge >= 0.3 is 5.97 Å². The number of esters is 1. The zero-order valence-electron chi connectivity index (χ0n) is 9.69. The van der Waals surface area contributed by atoms with Crippen LogP contribution in [0.5, 0.6) is 11.5 Å². The summed E-state index contributed by atoms with van der Waals surface area (Å²) in [5.41, 5.74) is 0.748. The number of hydrogen-bond donors (Lipinski definition) is 0. The van der Waals surface area contributed by atoms with Gasteiger partial charge in [-0.05, 0) is 13.0 Å². The first-order chi connectivity index (χ1) is 8.74. The smallest absolute Gasteiger partial charge is 0.384 e. The van der Waals surface area contributed by atoms with Crippen LogP contribution >= 0.6 is 0 Å². The van der Waals surface area contributed by atoms with E-state index in [1.165, 1.54) is 6.07 Å². The van der Waals surface area contributed by atoms with Gasteiger partial charge < -0.3 is 14.2 Å². The second kappa shape index (κ2) is 5.23. The number of carbonyl (C=O) groups excluding carboxylic acids is 2. The summed E-state index contributed by atoms with van der Waals surface area (Å²) >= 11 is 0. The van der Waals surface area contributed by atoms with Crippen molar-refractivity contribution in [2.45, 2.75) is 6.92 Å². The van der Waals surface area contributed by atoms with Gasteiger partial charge in [0.25, 0.3) is 0 Å². The highest BCUT2D eigenvalue weighted by atomic mass is 16.7. The molecule has 0 radical (unpaired) electrons. The summed E-state index contributed by atoms with van der Waals surface area (Å²) in [4.78, 5) is 22.0. The first-order valence-corrected chi connectivity index (χ1v) is 5.32. The summed E-state index contributed by atoms with van der Waals surface area (Å²) in [5, 5.41) is 0. The molecule has 1 aliphatic rings. The van der Waals surface area contributed by atoms with Crippen LogP contribution in [0, 0.1) is 11.8 Å². The molecule has 0 unspecified atom stereocenters. The normalized spacial score (nSPS) is 11.4. The minimum absolute atomic E-state index is 0.113. The van der Waals surface area contributed by atoms with Crippen molar-refractivity contribution >= 4 is 12.3 Å². The molecule has 0 spiro atoms. The van der Waals surface area contributed by atoms with Crippen LogP contribution < -0.4 is 9.47 Å². The Morgan fingerprint density at radius 1 is 1.44 bits per heavy atom. The number of aldehydes is 1. The summed E-state index contributed by atoms with van der Waals surface area (Å²) in [7, 11) is 0. The van der Waals surface area contributed by atoms with Crippen molar-refractivity contribution in [3.05, 3.63) is 23.3 Å². The molecule has 0 N–H and O–H groups in total. The third-order valence-corrected chi connectivity index (χ3v) is 2.25. The molecule has 1 aromatic carbocycles. The van der Waals surface area contributed by atoms with Crippen molar-refractivity contribution in [3.63, 3.8) is 0 Å². The average Bonchev–Trinajstić information content (AvgIpc) is 2.82. The predicted octanol–water partition coefficient (Wildman–Crippen LogP) is 1.14. The monoisotopic (exact) mass is 246 g/mol. The van der Waals surface area contributed by atoms with Crippen LogP contribution in [-0.4, -0.2) is 25.7 Å². The zero-order valence-corrected chi connectivity index (χ0v) is 9.69. The van der Waals surface area contributed by atoms with Gasteiger partial charge in [-0.15, -0.1) is 0 Å². The average molecular weight is 246 g/mol. The predicted molar refractivity (Wildman–Crippen MR) is 61.5 cm³/mol. The molecule has 0 amide bonds. The largest absolute Gasteiger partial charge is 0.456 e. The number of ether oxygens (including phenoxy) is 3. The third kappa shape index (κ3) is 2.43. The van der Waals surface area contributed by atoms with Crippen LogP contribution in [0.15, 0.2) is 12.1 Å².